The summed E-state index contributed by atoms with van der Waals surface area (Å²) in [7, 11) is 1.89. The predicted molar refractivity (Wildman–Crippen MR) is 99.5 cm³/mol. The maximum Gasteiger partial charge on any atom is 0.242 e. The van der Waals surface area contributed by atoms with Crippen LogP contribution in [-0.4, -0.2) is 46.2 Å². The second-order valence-corrected chi connectivity index (χ2v) is 6.93. The van der Waals surface area contributed by atoms with Gasteiger partial charge in [-0.2, -0.15) is 5.10 Å². The Hall–Kier alpha value is -2.35. The van der Waals surface area contributed by atoms with E-state index in [-0.39, 0.29) is 12.5 Å². The number of aryl methyl sites for hydroxylation is 1. The summed E-state index contributed by atoms with van der Waals surface area (Å²) >= 11 is 1.78. The van der Waals surface area contributed by atoms with Crippen molar-refractivity contribution in [2.45, 2.75) is 26.4 Å². The Labute approximate surface area is 151 Å². The number of hydrogen-bond donors (Lipinski definition) is 2. The highest BCUT2D eigenvalue weighted by Crippen LogP contribution is 2.23. The smallest absolute Gasteiger partial charge is 0.242 e. The number of nitrogens with zero attached hydrogens (tertiary/aromatic N) is 4. The Morgan fingerprint density at radius 3 is 3.04 bits per heavy atom. The van der Waals surface area contributed by atoms with Gasteiger partial charge in [-0.05, 0) is 36.4 Å². The number of nitrogens with one attached hydrogen (secondary N) is 2. The number of carbonyl (C=O) groups excluding carboxylic acids is 1. The molecular formula is C17H24N6OS. The van der Waals surface area contributed by atoms with E-state index in [2.05, 4.69) is 32.2 Å². The van der Waals surface area contributed by atoms with Gasteiger partial charge >= 0.3 is 0 Å². The first kappa shape index (κ1) is 17.5. The maximum atomic E-state index is 12.5. The van der Waals surface area contributed by atoms with E-state index in [4.69, 9.17) is 0 Å². The normalized spacial score (nSPS) is 14.3. The van der Waals surface area contributed by atoms with E-state index in [0.717, 1.165) is 25.2 Å². The van der Waals surface area contributed by atoms with Crippen molar-refractivity contribution < 1.29 is 4.79 Å². The first-order chi connectivity index (χ1) is 12.2. The minimum atomic E-state index is 0.1000. The molecule has 0 saturated heterocycles. The molecule has 0 fully saturated rings. The fourth-order valence-electron chi connectivity index (χ4n) is 2.79. The number of fused-ring (bicyclic) bond motifs is 1. The molecule has 134 valence electrons. The van der Waals surface area contributed by atoms with E-state index in [1.165, 1.54) is 10.4 Å². The lowest BCUT2D eigenvalue weighted by Crippen LogP contribution is -2.45. The zero-order chi connectivity index (χ0) is 17.6. The molecule has 0 saturated carbocycles. The fourth-order valence-corrected chi connectivity index (χ4v) is 3.68. The summed E-state index contributed by atoms with van der Waals surface area (Å²) < 4.78 is 1.80. The van der Waals surface area contributed by atoms with Crippen LogP contribution in [-0.2, 0) is 31.4 Å². The summed E-state index contributed by atoms with van der Waals surface area (Å²) in [6.45, 7) is 5.01. The highest BCUT2D eigenvalue weighted by molar-refractivity contribution is 7.10. The van der Waals surface area contributed by atoms with Gasteiger partial charge in [0.25, 0.3) is 0 Å². The number of amides is 1. The predicted octanol–water partition coefficient (Wildman–Crippen LogP) is 1.12. The Balaban J connectivity index is 1.54. The van der Waals surface area contributed by atoms with Gasteiger partial charge in [0, 0.05) is 37.8 Å². The second-order valence-electron chi connectivity index (χ2n) is 5.93. The molecule has 1 aliphatic rings. The van der Waals surface area contributed by atoms with Crippen molar-refractivity contribution in [3.8, 4) is 0 Å². The zero-order valence-corrected chi connectivity index (χ0v) is 15.5. The van der Waals surface area contributed by atoms with Crippen LogP contribution >= 0.6 is 11.3 Å². The van der Waals surface area contributed by atoms with Gasteiger partial charge in [0.1, 0.15) is 0 Å². The van der Waals surface area contributed by atoms with E-state index < -0.39 is 0 Å². The Bertz CT molecular complexity index is 750. The topological polar surface area (TPSA) is 74.5 Å². The van der Waals surface area contributed by atoms with Gasteiger partial charge < -0.3 is 15.5 Å². The number of hydrogen-bond acceptors (Lipinski definition) is 4. The van der Waals surface area contributed by atoms with Crippen LogP contribution in [0.2, 0.25) is 0 Å². The third-order valence-electron chi connectivity index (χ3n) is 4.23. The van der Waals surface area contributed by atoms with Crippen molar-refractivity contribution in [3.05, 3.63) is 39.8 Å². The molecule has 2 aromatic heterocycles. The fraction of sp³-hybridized carbons (Fsp3) is 0.471. The molecule has 25 heavy (non-hydrogen) atoms. The van der Waals surface area contributed by atoms with Gasteiger partial charge in [-0.1, -0.05) is 0 Å². The molecule has 0 unspecified atom stereocenters. The van der Waals surface area contributed by atoms with Crippen molar-refractivity contribution in [1.29, 1.82) is 0 Å². The number of guanidine groups is 1. The van der Waals surface area contributed by atoms with Crippen LogP contribution in [0, 0.1) is 0 Å². The second kappa shape index (κ2) is 8.15. The van der Waals surface area contributed by atoms with E-state index >= 15 is 0 Å². The van der Waals surface area contributed by atoms with Crippen LogP contribution in [0.1, 0.15) is 23.1 Å². The number of thiophene rings is 1. The van der Waals surface area contributed by atoms with Gasteiger partial charge in [0.15, 0.2) is 5.96 Å². The van der Waals surface area contributed by atoms with Crippen LogP contribution < -0.4 is 10.6 Å². The lowest BCUT2D eigenvalue weighted by molar-refractivity contribution is -0.130. The van der Waals surface area contributed by atoms with E-state index in [1.54, 1.807) is 22.2 Å². The number of rotatable bonds is 5. The van der Waals surface area contributed by atoms with E-state index in [0.29, 0.717) is 19.0 Å². The van der Waals surface area contributed by atoms with Gasteiger partial charge in [-0.25, -0.2) is 4.99 Å². The zero-order valence-electron chi connectivity index (χ0n) is 14.7. The molecule has 7 nitrogen and oxygen atoms in total. The van der Waals surface area contributed by atoms with Gasteiger partial charge in [-0.3, -0.25) is 9.48 Å². The van der Waals surface area contributed by atoms with Crippen molar-refractivity contribution in [3.63, 3.8) is 0 Å². The molecule has 1 aliphatic heterocycles. The summed E-state index contributed by atoms with van der Waals surface area (Å²) in [5.41, 5.74) is 2.30. The Morgan fingerprint density at radius 2 is 2.28 bits per heavy atom. The molecule has 2 aromatic rings. The lowest BCUT2D eigenvalue weighted by Gasteiger charge is -2.27. The minimum absolute atomic E-state index is 0.1000. The average molecular weight is 360 g/mol. The van der Waals surface area contributed by atoms with E-state index in [1.807, 2.05) is 24.9 Å². The Kier molecular flexibility index (Phi) is 5.70. The van der Waals surface area contributed by atoms with Crippen LogP contribution in [0.3, 0.4) is 0 Å². The third-order valence-corrected chi connectivity index (χ3v) is 5.26. The first-order valence-electron chi connectivity index (χ1n) is 8.49. The van der Waals surface area contributed by atoms with Gasteiger partial charge in [0.05, 0.1) is 18.8 Å². The van der Waals surface area contributed by atoms with Crippen LogP contribution in [0.5, 0.6) is 0 Å². The molecular weight excluding hydrogens is 336 g/mol. The molecule has 8 heteroatoms. The van der Waals surface area contributed by atoms with Gasteiger partial charge in [0.2, 0.25) is 5.91 Å². The maximum absolute atomic E-state index is 12.5. The molecule has 0 spiro atoms. The van der Waals surface area contributed by atoms with Crippen molar-refractivity contribution in [1.82, 2.24) is 25.3 Å². The summed E-state index contributed by atoms with van der Waals surface area (Å²) in [6.07, 6.45) is 2.71. The number of aliphatic imine (C=N–C) groups is 1. The minimum Gasteiger partial charge on any atom is -0.357 e. The first-order valence-corrected chi connectivity index (χ1v) is 9.37. The molecule has 3 heterocycles. The summed E-state index contributed by atoms with van der Waals surface area (Å²) in [6, 6.07) is 4.05. The standard InChI is InChI=1S/C17H24N6OS/c1-3-18-17(19-10-14-4-7-21-22(14)2)20-11-16(24)23-8-5-15-13(12-23)6-9-25-15/h4,6-7,9H,3,5,8,10-12H2,1-2H3,(H2,18,19,20). The van der Waals surface area contributed by atoms with Gasteiger partial charge in [-0.15, -0.1) is 11.3 Å². The summed E-state index contributed by atoms with van der Waals surface area (Å²) in [4.78, 5) is 20.3. The highest BCUT2D eigenvalue weighted by atomic mass is 32.1. The largest absolute Gasteiger partial charge is 0.357 e. The molecule has 3 rings (SSSR count). The van der Waals surface area contributed by atoms with Crippen LogP contribution in [0.25, 0.3) is 0 Å². The molecule has 2 N–H and O–H groups in total. The third kappa shape index (κ3) is 4.39. The number of carbonyl (C=O) groups is 1. The Morgan fingerprint density at radius 1 is 1.40 bits per heavy atom. The monoisotopic (exact) mass is 360 g/mol. The summed E-state index contributed by atoms with van der Waals surface area (Å²) in [5.74, 6) is 0.744. The quantitative estimate of drug-likeness (QED) is 0.619. The van der Waals surface area contributed by atoms with Crippen molar-refractivity contribution in [2.24, 2.45) is 12.0 Å². The van der Waals surface area contributed by atoms with Crippen LogP contribution in [0.15, 0.2) is 28.7 Å². The molecule has 0 radical (unpaired) electrons. The molecule has 0 bridgehead atoms. The molecule has 0 aliphatic carbocycles. The SMILES string of the molecule is CCNC(=NCc1ccnn1C)NCC(=O)N1CCc2sccc2C1. The lowest BCUT2D eigenvalue weighted by atomic mass is 10.1. The number of aromatic nitrogens is 2. The highest BCUT2D eigenvalue weighted by Gasteiger charge is 2.21. The van der Waals surface area contributed by atoms with Crippen molar-refractivity contribution in [2.75, 3.05) is 19.6 Å². The van der Waals surface area contributed by atoms with Crippen molar-refractivity contribution >= 4 is 23.2 Å². The average Bonchev–Trinajstić information content (AvgIpc) is 3.25. The van der Waals surface area contributed by atoms with E-state index in [9.17, 15) is 4.79 Å². The molecule has 0 aromatic carbocycles. The van der Waals surface area contributed by atoms with Crippen LogP contribution in [0.4, 0.5) is 0 Å². The summed E-state index contributed by atoms with van der Waals surface area (Å²) in [5, 5.41) is 12.6. The molecule has 0 atom stereocenters. The molecule has 1 amide bonds.